The number of carboxylic acids is 1. The molecule has 0 aromatic carbocycles. The molecule has 1 aromatic heterocycles. The molecule has 0 bridgehead atoms. The SMILES string of the molecule is CN=C(Nn1cccn1)C(=O)O.Cl. The first-order chi connectivity index (χ1) is 5.74. The van der Waals surface area contributed by atoms with Crippen molar-refractivity contribution in [3.8, 4) is 0 Å². The summed E-state index contributed by atoms with van der Waals surface area (Å²) in [6, 6.07) is 1.67. The molecule has 0 unspecified atom stereocenters. The molecule has 0 aliphatic rings. The molecule has 0 saturated heterocycles. The van der Waals surface area contributed by atoms with Gasteiger partial charge in [0.2, 0.25) is 5.84 Å². The standard InChI is InChI=1S/C6H8N4O2.ClH/c1-7-5(6(11)12)9-10-4-2-3-8-10;/h2-4H,1H3,(H,7,9)(H,11,12);1H. The van der Waals surface area contributed by atoms with Gasteiger partial charge in [0.15, 0.2) is 0 Å². The first kappa shape index (κ1) is 11.4. The largest absolute Gasteiger partial charge is 0.475 e. The van der Waals surface area contributed by atoms with Crippen LogP contribution in [-0.4, -0.2) is 33.8 Å². The molecule has 1 heterocycles. The number of rotatable bonds is 1. The molecule has 2 N–H and O–H groups in total. The number of aliphatic carboxylic acids is 1. The monoisotopic (exact) mass is 204 g/mol. The minimum absolute atomic E-state index is 0. The van der Waals surface area contributed by atoms with Crippen molar-refractivity contribution in [3.63, 3.8) is 0 Å². The highest BCUT2D eigenvalue weighted by molar-refractivity contribution is 6.37. The molecule has 72 valence electrons. The highest BCUT2D eigenvalue weighted by Gasteiger charge is 2.06. The Hall–Kier alpha value is -1.56. The van der Waals surface area contributed by atoms with Crippen LogP contribution < -0.4 is 5.43 Å². The lowest BCUT2D eigenvalue weighted by molar-refractivity contribution is -0.129. The molecule has 0 aliphatic heterocycles. The summed E-state index contributed by atoms with van der Waals surface area (Å²) < 4.78 is 0. The molecular weight excluding hydrogens is 196 g/mol. The first-order valence-corrected chi connectivity index (χ1v) is 3.21. The lowest BCUT2D eigenvalue weighted by Crippen LogP contribution is -2.30. The lowest BCUT2D eigenvalue weighted by atomic mass is 10.6. The van der Waals surface area contributed by atoms with E-state index in [1.54, 1.807) is 12.3 Å². The number of aliphatic imine (C=N–C) groups is 1. The van der Waals surface area contributed by atoms with Gasteiger partial charge < -0.3 is 5.11 Å². The Labute approximate surface area is 80.7 Å². The number of aromatic nitrogens is 2. The predicted octanol–water partition coefficient (Wildman–Crippen LogP) is -0.0387. The van der Waals surface area contributed by atoms with Crippen LogP contribution in [0.25, 0.3) is 0 Å². The van der Waals surface area contributed by atoms with Crippen molar-refractivity contribution >= 4 is 24.2 Å². The number of hydrogen-bond donors (Lipinski definition) is 2. The van der Waals surface area contributed by atoms with Gasteiger partial charge in [0.1, 0.15) is 0 Å². The van der Waals surface area contributed by atoms with Crippen LogP contribution in [0.5, 0.6) is 0 Å². The van der Waals surface area contributed by atoms with Crippen molar-refractivity contribution in [2.24, 2.45) is 4.99 Å². The fourth-order valence-electron chi connectivity index (χ4n) is 0.637. The molecule has 0 aliphatic carbocycles. The van der Waals surface area contributed by atoms with Crippen molar-refractivity contribution in [2.45, 2.75) is 0 Å². The molecule has 0 fully saturated rings. The number of carboxylic acid groups (broad SMARTS) is 1. The van der Waals surface area contributed by atoms with Gasteiger partial charge in [0.05, 0.1) is 6.20 Å². The zero-order chi connectivity index (χ0) is 8.97. The molecule has 1 aromatic rings. The fourth-order valence-corrected chi connectivity index (χ4v) is 0.637. The second-order valence-corrected chi connectivity index (χ2v) is 1.94. The molecule has 13 heavy (non-hydrogen) atoms. The Morgan fingerprint density at radius 3 is 2.77 bits per heavy atom. The normalized spacial score (nSPS) is 10.4. The number of amidine groups is 1. The van der Waals surface area contributed by atoms with Crippen LogP contribution in [0.15, 0.2) is 23.5 Å². The van der Waals surface area contributed by atoms with Gasteiger partial charge in [-0.15, -0.1) is 12.4 Å². The van der Waals surface area contributed by atoms with Gasteiger partial charge in [-0.2, -0.15) is 9.89 Å². The van der Waals surface area contributed by atoms with E-state index < -0.39 is 5.97 Å². The maximum atomic E-state index is 10.4. The summed E-state index contributed by atoms with van der Waals surface area (Å²) >= 11 is 0. The molecular formula is C6H9ClN4O2. The van der Waals surface area contributed by atoms with Gasteiger partial charge in [-0.3, -0.25) is 10.4 Å². The highest BCUT2D eigenvalue weighted by Crippen LogP contribution is 1.81. The maximum Gasteiger partial charge on any atom is 0.372 e. The summed E-state index contributed by atoms with van der Waals surface area (Å²) in [5.74, 6) is -1.27. The summed E-state index contributed by atoms with van der Waals surface area (Å²) in [5.41, 5.74) is 2.46. The molecule has 0 atom stereocenters. The molecule has 0 saturated carbocycles. The second kappa shape index (κ2) is 5.15. The molecule has 6 nitrogen and oxygen atoms in total. The van der Waals surface area contributed by atoms with E-state index in [1.807, 2.05) is 0 Å². The van der Waals surface area contributed by atoms with Gasteiger partial charge in [-0.1, -0.05) is 0 Å². The van der Waals surface area contributed by atoms with Crippen LogP contribution in [0.4, 0.5) is 0 Å². The number of nitrogens with one attached hydrogen (secondary N) is 1. The van der Waals surface area contributed by atoms with E-state index in [0.717, 1.165) is 0 Å². The first-order valence-electron chi connectivity index (χ1n) is 3.21. The molecule has 7 heteroatoms. The van der Waals surface area contributed by atoms with Gasteiger partial charge in [0.25, 0.3) is 0 Å². The molecule has 1 rings (SSSR count). The van der Waals surface area contributed by atoms with Gasteiger partial charge in [0, 0.05) is 13.2 Å². The van der Waals surface area contributed by atoms with Gasteiger partial charge in [-0.05, 0) is 6.07 Å². The van der Waals surface area contributed by atoms with E-state index in [2.05, 4.69) is 15.5 Å². The van der Waals surface area contributed by atoms with Crippen molar-refractivity contribution in [1.82, 2.24) is 9.89 Å². The third-order valence-corrected chi connectivity index (χ3v) is 1.15. The van der Waals surface area contributed by atoms with Crippen molar-refractivity contribution in [1.29, 1.82) is 0 Å². The summed E-state index contributed by atoms with van der Waals surface area (Å²) in [5, 5.41) is 12.3. The third-order valence-electron chi connectivity index (χ3n) is 1.15. The highest BCUT2D eigenvalue weighted by atomic mass is 35.5. The molecule has 0 spiro atoms. The van der Waals surface area contributed by atoms with E-state index in [9.17, 15) is 4.79 Å². The summed E-state index contributed by atoms with van der Waals surface area (Å²) in [6.45, 7) is 0. The number of carbonyl (C=O) groups is 1. The van der Waals surface area contributed by atoms with E-state index in [-0.39, 0.29) is 18.2 Å². The zero-order valence-electron chi connectivity index (χ0n) is 6.84. The van der Waals surface area contributed by atoms with Crippen molar-refractivity contribution in [2.75, 3.05) is 12.5 Å². The summed E-state index contributed by atoms with van der Waals surface area (Å²) in [4.78, 5) is 15.2. The average molecular weight is 205 g/mol. The smallest absolute Gasteiger partial charge is 0.372 e. The van der Waals surface area contributed by atoms with Crippen molar-refractivity contribution in [3.05, 3.63) is 18.5 Å². The van der Waals surface area contributed by atoms with Crippen LogP contribution >= 0.6 is 12.4 Å². The van der Waals surface area contributed by atoms with Crippen LogP contribution in [0.3, 0.4) is 0 Å². The van der Waals surface area contributed by atoms with Crippen LogP contribution in [0.2, 0.25) is 0 Å². The third kappa shape index (κ3) is 3.12. The lowest BCUT2D eigenvalue weighted by Gasteiger charge is -2.03. The van der Waals surface area contributed by atoms with Crippen molar-refractivity contribution < 1.29 is 9.90 Å². The van der Waals surface area contributed by atoms with E-state index in [4.69, 9.17) is 5.11 Å². The fraction of sp³-hybridized carbons (Fsp3) is 0.167. The Balaban J connectivity index is 0.00000144. The zero-order valence-corrected chi connectivity index (χ0v) is 7.65. The van der Waals surface area contributed by atoms with Gasteiger partial charge in [-0.25, -0.2) is 4.79 Å². The number of hydrogen-bond acceptors (Lipinski definition) is 3. The van der Waals surface area contributed by atoms with Crippen LogP contribution in [-0.2, 0) is 4.79 Å². The minimum atomic E-state index is -1.12. The quantitative estimate of drug-likeness (QED) is 0.497. The second-order valence-electron chi connectivity index (χ2n) is 1.94. The van der Waals surface area contributed by atoms with Gasteiger partial charge >= 0.3 is 5.97 Å². The topological polar surface area (TPSA) is 79.5 Å². The van der Waals surface area contributed by atoms with E-state index >= 15 is 0 Å². The average Bonchev–Trinajstić information content (AvgIpc) is 2.51. The minimum Gasteiger partial charge on any atom is -0.475 e. The summed E-state index contributed by atoms with van der Waals surface area (Å²) in [6.07, 6.45) is 3.11. The van der Waals surface area contributed by atoms with Crippen LogP contribution in [0.1, 0.15) is 0 Å². The van der Waals surface area contributed by atoms with E-state index in [0.29, 0.717) is 0 Å². The maximum absolute atomic E-state index is 10.4. The Morgan fingerprint density at radius 2 is 2.38 bits per heavy atom. The van der Waals surface area contributed by atoms with Crippen LogP contribution in [0, 0.1) is 0 Å². The Bertz CT molecular complexity index is 296. The summed E-state index contributed by atoms with van der Waals surface area (Å²) in [7, 11) is 1.39. The number of nitrogens with zero attached hydrogens (tertiary/aromatic N) is 3. The Morgan fingerprint density at radius 1 is 1.69 bits per heavy atom. The predicted molar refractivity (Wildman–Crippen MR) is 49.8 cm³/mol. The Kier molecular flexibility index (Phi) is 4.53. The molecule has 0 amide bonds. The molecule has 0 radical (unpaired) electrons. The van der Waals surface area contributed by atoms with E-state index in [1.165, 1.54) is 18.0 Å². The number of halogens is 1.